The molecule has 4 N–H and O–H groups in total. The highest BCUT2D eigenvalue weighted by Gasteiger charge is 2.04. The lowest BCUT2D eigenvalue weighted by atomic mass is 10.2. The molecule has 0 bridgehead atoms. The van der Waals surface area contributed by atoms with Gasteiger partial charge in [0.25, 0.3) is 5.91 Å². The summed E-state index contributed by atoms with van der Waals surface area (Å²) in [4.78, 5) is 22.1. The van der Waals surface area contributed by atoms with Crippen LogP contribution in [0.3, 0.4) is 0 Å². The van der Waals surface area contributed by atoms with Crippen molar-refractivity contribution >= 4 is 17.5 Å². The number of rotatable bonds is 5. The molecule has 0 saturated heterocycles. The van der Waals surface area contributed by atoms with Gasteiger partial charge in [-0.25, -0.2) is 5.84 Å². The van der Waals surface area contributed by atoms with Crippen LogP contribution in [-0.4, -0.2) is 25.0 Å². The molecule has 6 heteroatoms. The molecule has 0 radical (unpaired) electrons. The summed E-state index contributed by atoms with van der Waals surface area (Å²) in [6.07, 6.45) is 0. The summed E-state index contributed by atoms with van der Waals surface area (Å²) in [6.45, 7) is 1.50. The topological polar surface area (TPSA) is 93.4 Å². The second-order valence-corrected chi connectivity index (χ2v) is 3.48. The fraction of sp³-hybridized carbons (Fsp3) is 0.273. The molecule has 17 heavy (non-hydrogen) atoms. The lowest BCUT2D eigenvalue weighted by Gasteiger charge is -2.06. The van der Waals surface area contributed by atoms with Gasteiger partial charge in [0, 0.05) is 5.69 Å². The zero-order chi connectivity index (χ0) is 12.7. The third-order valence-corrected chi connectivity index (χ3v) is 1.93. The highest BCUT2D eigenvalue weighted by Crippen LogP contribution is 2.08. The minimum Gasteiger partial charge on any atom is -0.362 e. The molecule has 1 aromatic carbocycles. The van der Waals surface area contributed by atoms with Crippen molar-refractivity contribution in [2.45, 2.75) is 6.92 Å². The van der Waals surface area contributed by atoms with Gasteiger partial charge in [0.05, 0.1) is 0 Å². The van der Waals surface area contributed by atoms with Gasteiger partial charge in [0.2, 0.25) is 5.91 Å². The Morgan fingerprint density at radius 3 is 2.65 bits per heavy atom. The summed E-state index contributed by atoms with van der Waals surface area (Å²) in [5.74, 6) is 4.05. The molecule has 0 saturated carbocycles. The van der Waals surface area contributed by atoms with Crippen LogP contribution in [0, 0.1) is 6.92 Å². The first-order chi connectivity index (χ1) is 8.11. The van der Waals surface area contributed by atoms with E-state index in [0.29, 0.717) is 5.69 Å². The van der Waals surface area contributed by atoms with Crippen LogP contribution < -0.4 is 16.6 Å². The number of hydrogen-bond donors (Lipinski definition) is 3. The van der Waals surface area contributed by atoms with Crippen LogP contribution in [0.4, 0.5) is 5.69 Å². The highest BCUT2D eigenvalue weighted by atomic mass is 16.5. The van der Waals surface area contributed by atoms with Crippen LogP contribution in [0.25, 0.3) is 0 Å². The summed E-state index contributed by atoms with van der Waals surface area (Å²) < 4.78 is 4.85. The third-order valence-electron chi connectivity index (χ3n) is 1.93. The lowest BCUT2D eigenvalue weighted by Crippen LogP contribution is -2.34. The van der Waals surface area contributed by atoms with Crippen LogP contribution in [0.5, 0.6) is 0 Å². The molecule has 1 aromatic rings. The highest BCUT2D eigenvalue weighted by molar-refractivity contribution is 5.91. The van der Waals surface area contributed by atoms with Gasteiger partial charge in [-0.2, -0.15) is 0 Å². The zero-order valence-corrected chi connectivity index (χ0v) is 9.53. The second-order valence-electron chi connectivity index (χ2n) is 3.48. The van der Waals surface area contributed by atoms with Crippen LogP contribution in [0.2, 0.25) is 0 Å². The summed E-state index contributed by atoms with van der Waals surface area (Å²) >= 11 is 0. The molecule has 1 rings (SSSR count). The van der Waals surface area contributed by atoms with Crippen molar-refractivity contribution < 1.29 is 14.3 Å². The SMILES string of the molecule is Cc1cccc(NC(=O)COCC(=O)NN)c1. The smallest absolute Gasteiger partial charge is 0.259 e. The van der Waals surface area contributed by atoms with E-state index in [-0.39, 0.29) is 19.1 Å². The number of benzene rings is 1. The molecule has 0 aliphatic rings. The quantitative estimate of drug-likeness (QED) is 0.380. The normalized spacial score (nSPS) is 9.76. The van der Waals surface area contributed by atoms with E-state index >= 15 is 0 Å². The van der Waals surface area contributed by atoms with Gasteiger partial charge < -0.3 is 10.1 Å². The molecule has 0 aliphatic carbocycles. The first-order valence-electron chi connectivity index (χ1n) is 5.05. The number of hydrogen-bond acceptors (Lipinski definition) is 4. The standard InChI is InChI=1S/C11H15N3O3/c1-8-3-2-4-9(5-8)13-10(15)6-17-7-11(16)14-12/h2-5H,6-7,12H2,1H3,(H,13,15)(H,14,16). The molecule has 2 amide bonds. The van der Waals surface area contributed by atoms with Gasteiger partial charge in [-0.3, -0.25) is 15.0 Å². The van der Waals surface area contributed by atoms with Gasteiger partial charge in [-0.1, -0.05) is 12.1 Å². The summed E-state index contributed by atoms with van der Waals surface area (Å²) in [7, 11) is 0. The molecular formula is C11H15N3O3. The monoisotopic (exact) mass is 237 g/mol. The first-order valence-corrected chi connectivity index (χ1v) is 5.05. The van der Waals surface area contributed by atoms with E-state index in [1.807, 2.05) is 30.5 Å². The lowest BCUT2D eigenvalue weighted by molar-refractivity contribution is -0.128. The van der Waals surface area contributed by atoms with Gasteiger partial charge in [-0.05, 0) is 24.6 Å². The molecule has 0 aromatic heterocycles. The van der Waals surface area contributed by atoms with Gasteiger partial charge >= 0.3 is 0 Å². The van der Waals surface area contributed by atoms with E-state index in [4.69, 9.17) is 10.6 Å². The Labute approximate surface area is 99.1 Å². The van der Waals surface area contributed by atoms with Crippen molar-refractivity contribution in [3.8, 4) is 0 Å². The molecule has 92 valence electrons. The van der Waals surface area contributed by atoms with Gasteiger partial charge in [-0.15, -0.1) is 0 Å². The fourth-order valence-corrected chi connectivity index (χ4v) is 1.20. The van der Waals surface area contributed by atoms with E-state index in [0.717, 1.165) is 5.56 Å². The van der Waals surface area contributed by atoms with Crippen molar-refractivity contribution in [1.29, 1.82) is 0 Å². The van der Waals surface area contributed by atoms with Gasteiger partial charge in [0.1, 0.15) is 13.2 Å². The van der Waals surface area contributed by atoms with E-state index in [2.05, 4.69) is 5.32 Å². The Kier molecular flexibility index (Phi) is 5.12. The predicted molar refractivity (Wildman–Crippen MR) is 63.0 cm³/mol. The number of carbonyl (C=O) groups excluding carboxylic acids is 2. The maximum absolute atomic E-state index is 11.4. The maximum atomic E-state index is 11.4. The third kappa shape index (κ3) is 5.10. The molecule has 0 aliphatic heterocycles. The maximum Gasteiger partial charge on any atom is 0.259 e. The second kappa shape index (κ2) is 6.62. The minimum absolute atomic E-state index is 0.193. The molecule has 0 heterocycles. The Balaban J connectivity index is 2.32. The molecule has 6 nitrogen and oxygen atoms in total. The Hall–Kier alpha value is -1.92. The number of anilines is 1. The van der Waals surface area contributed by atoms with E-state index < -0.39 is 5.91 Å². The average Bonchev–Trinajstić information content (AvgIpc) is 2.28. The van der Waals surface area contributed by atoms with Crippen molar-refractivity contribution in [2.75, 3.05) is 18.5 Å². The van der Waals surface area contributed by atoms with Crippen LogP contribution in [-0.2, 0) is 14.3 Å². The predicted octanol–water partition coefficient (Wildman–Crippen LogP) is -0.0600. The number of ether oxygens (including phenoxy) is 1. The Morgan fingerprint density at radius 2 is 2.00 bits per heavy atom. The number of carbonyl (C=O) groups is 2. The summed E-state index contributed by atoms with van der Waals surface area (Å²) in [6, 6.07) is 7.38. The van der Waals surface area contributed by atoms with Crippen LogP contribution >= 0.6 is 0 Å². The number of amides is 2. The Morgan fingerprint density at radius 1 is 1.29 bits per heavy atom. The minimum atomic E-state index is -0.478. The summed E-state index contributed by atoms with van der Waals surface area (Å²) in [5, 5.41) is 2.65. The largest absolute Gasteiger partial charge is 0.362 e. The van der Waals surface area contributed by atoms with Gasteiger partial charge in [0.15, 0.2) is 0 Å². The van der Waals surface area contributed by atoms with Crippen molar-refractivity contribution in [3.63, 3.8) is 0 Å². The average molecular weight is 237 g/mol. The molecule has 0 unspecified atom stereocenters. The molecule has 0 atom stereocenters. The molecular weight excluding hydrogens is 222 g/mol. The van der Waals surface area contributed by atoms with Crippen molar-refractivity contribution in [2.24, 2.45) is 5.84 Å². The van der Waals surface area contributed by atoms with Crippen LogP contribution in [0.1, 0.15) is 5.56 Å². The molecule has 0 spiro atoms. The van der Waals surface area contributed by atoms with E-state index in [1.165, 1.54) is 0 Å². The number of nitrogens with two attached hydrogens (primary N) is 1. The fourth-order valence-electron chi connectivity index (χ4n) is 1.20. The number of hydrazine groups is 1. The first kappa shape index (κ1) is 13.1. The number of aryl methyl sites for hydroxylation is 1. The number of nitrogens with one attached hydrogen (secondary N) is 2. The van der Waals surface area contributed by atoms with Crippen LogP contribution in [0.15, 0.2) is 24.3 Å². The zero-order valence-electron chi connectivity index (χ0n) is 9.53. The van der Waals surface area contributed by atoms with Crippen molar-refractivity contribution in [3.05, 3.63) is 29.8 Å². The molecule has 0 fully saturated rings. The Bertz CT molecular complexity index is 407. The van der Waals surface area contributed by atoms with E-state index in [1.54, 1.807) is 6.07 Å². The summed E-state index contributed by atoms with van der Waals surface area (Å²) in [5.41, 5.74) is 3.64. The van der Waals surface area contributed by atoms with E-state index in [9.17, 15) is 9.59 Å². The van der Waals surface area contributed by atoms with Crippen molar-refractivity contribution in [1.82, 2.24) is 5.43 Å².